The van der Waals surface area contributed by atoms with E-state index in [2.05, 4.69) is 25.8 Å². The van der Waals surface area contributed by atoms with Gasteiger partial charge >= 0.3 is 0 Å². The molecule has 24 heavy (non-hydrogen) atoms. The third-order valence-electron chi connectivity index (χ3n) is 4.28. The Morgan fingerprint density at radius 3 is 2.62 bits per heavy atom. The molecule has 0 spiro atoms. The predicted molar refractivity (Wildman–Crippen MR) is 93.3 cm³/mol. The molecule has 1 saturated heterocycles. The van der Waals surface area contributed by atoms with E-state index in [4.69, 9.17) is 5.73 Å². The summed E-state index contributed by atoms with van der Waals surface area (Å²) in [7, 11) is 1.97. The topological polar surface area (TPSA) is 67.4 Å². The molecule has 2 heterocycles. The van der Waals surface area contributed by atoms with Crippen LogP contribution in [0.3, 0.4) is 0 Å². The molecule has 0 saturated carbocycles. The first-order valence-electron chi connectivity index (χ1n) is 7.68. The van der Waals surface area contributed by atoms with Crippen molar-refractivity contribution in [2.45, 2.75) is 6.54 Å². The molecule has 1 amide bonds. The fraction of sp³-hybridized carbons (Fsp3) is 0.375. The van der Waals surface area contributed by atoms with Crippen LogP contribution >= 0.6 is 15.9 Å². The highest BCUT2D eigenvalue weighted by molar-refractivity contribution is 9.10. The lowest BCUT2D eigenvalue weighted by atomic mass is 10.1. The SMILES string of the molecule is Cn1ccnc1CN1CCN(c2cc(Br)cc(F)c2C(N)=O)CC1. The molecule has 6 nitrogen and oxygen atoms in total. The summed E-state index contributed by atoms with van der Waals surface area (Å²) in [5.41, 5.74) is 5.87. The predicted octanol–water partition coefficient (Wildman–Crippen LogP) is 1.74. The normalized spacial score (nSPS) is 15.7. The number of halogens is 2. The number of benzene rings is 1. The largest absolute Gasteiger partial charge is 0.368 e. The molecular formula is C16H19BrFN5O. The first kappa shape index (κ1) is 16.9. The van der Waals surface area contributed by atoms with Crippen molar-refractivity contribution < 1.29 is 9.18 Å². The first-order valence-corrected chi connectivity index (χ1v) is 8.47. The Labute approximate surface area is 148 Å². The first-order chi connectivity index (χ1) is 11.5. The number of amides is 1. The van der Waals surface area contributed by atoms with Gasteiger partial charge in [0.2, 0.25) is 0 Å². The Morgan fingerprint density at radius 2 is 2.04 bits per heavy atom. The lowest BCUT2D eigenvalue weighted by molar-refractivity contribution is 0.0996. The van der Waals surface area contributed by atoms with E-state index in [1.165, 1.54) is 6.07 Å². The molecule has 0 unspecified atom stereocenters. The zero-order valence-corrected chi connectivity index (χ0v) is 15.0. The standard InChI is InChI=1S/C16H19BrFN5O/c1-21-3-2-20-14(21)10-22-4-6-23(7-5-22)13-9-11(17)8-12(18)15(13)16(19)24/h2-3,8-9H,4-7,10H2,1H3,(H2,19,24). The molecule has 1 aromatic carbocycles. The number of hydrogen-bond donors (Lipinski definition) is 1. The van der Waals surface area contributed by atoms with Crippen molar-refractivity contribution in [3.8, 4) is 0 Å². The van der Waals surface area contributed by atoms with E-state index in [-0.39, 0.29) is 5.56 Å². The number of aromatic nitrogens is 2. The second kappa shape index (κ2) is 6.90. The summed E-state index contributed by atoms with van der Waals surface area (Å²) in [6.07, 6.45) is 3.71. The van der Waals surface area contributed by atoms with Gasteiger partial charge in [0.05, 0.1) is 17.8 Å². The van der Waals surface area contributed by atoms with E-state index in [9.17, 15) is 9.18 Å². The molecule has 0 bridgehead atoms. The summed E-state index contributed by atoms with van der Waals surface area (Å²) >= 11 is 3.28. The van der Waals surface area contributed by atoms with Gasteiger partial charge in [-0.1, -0.05) is 15.9 Å². The maximum absolute atomic E-state index is 14.1. The monoisotopic (exact) mass is 395 g/mol. The minimum atomic E-state index is -0.745. The average molecular weight is 396 g/mol. The van der Waals surface area contributed by atoms with Crippen LogP contribution in [0.5, 0.6) is 0 Å². The van der Waals surface area contributed by atoms with Crippen molar-refractivity contribution in [1.82, 2.24) is 14.5 Å². The van der Waals surface area contributed by atoms with E-state index in [0.29, 0.717) is 23.2 Å². The average Bonchev–Trinajstić information content (AvgIpc) is 2.92. The molecule has 2 N–H and O–H groups in total. The van der Waals surface area contributed by atoms with Crippen LogP contribution in [-0.2, 0) is 13.6 Å². The Kier molecular flexibility index (Phi) is 4.86. The maximum Gasteiger partial charge on any atom is 0.253 e. The fourth-order valence-electron chi connectivity index (χ4n) is 2.95. The molecule has 1 aliphatic rings. The third kappa shape index (κ3) is 3.44. The number of anilines is 1. The van der Waals surface area contributed by atoms with Crippen molar-refractivity contribution in [2.24, 2.45) is 12.8 Å². The van der Waals surface area contributed by atoms with Gasteiger partial charge in [-0.05, 0) is 12.1 Å². The van der Waals surface area contributed by atoms with Crippen LogP contribution < -0.4 is 10.6 Å². The highest BCUT2D eigenvalue weighted by Gasteiger charge is 2.24. The van der Waals surface area contributed by atoms with Gasteiger partial charge in [0.1, 0.15) is 11.6 Å². The summed E-state index contributed by atoms with van der Waals surface area (Å²) in [6.45, 7) is 3.77. The second-order valence-electron chi connectivity index (χ2n) is 5.86. The van der Waals surface area contributed by atoms with E-state index >= 15 is 0 Å². The number of rotatable bonds is 4. The number of carbonyl (C=O) groups is 1. The number of nitrogens with zero attached hydrogens (tertiary/aromatic N) is 4. The van der Waals surface area contributed by atoms with E-state index < -0.39 is 11.7 Å². The summed E-state index contributed by atoms with van der Waals surface area (Å²) in [6, 6.07) is 3.01. The molecule has 2 aromatic rings. The molecule has 1 fully saturated rings. The molecule has 1 aliphatic heterocycles. The van der Waals surface area contributed by atoms with Crippen molar-refractivity contribution in [3.05, 3.63) is 46.2 Å². The van der Waals surface area contributed by atoms with Crippen LogP contribution in [0.15, 0.2) is 29.0 Å². The minimum Gasteiger partial charge on any atom is -0.368 e. The third-order valence-corrected chi connectivity index (χ3v) is 4.74. The van der Waals surface area contributed by atoms with Crippen molar-refractivity contribution >= 4 is 27.5 Å². The highest BCUT2D eigenvalue weighted by Crippen LogP contribution is 2.28. The quantitative estimate of drug-likeness (QED) is 0.855. The summed E-state index contributed by atoms with van der Waals surface area (Å²) in [5.74, 6) is -0.331. The molecular weight excluding hydrogens is 377 g/mol. The fourth-order valence-corrected chi connectivity index (χ4v) is 3.37. The summed E-state index contributed by atoms with van der Waals surface area (Å²) < 4.78 is 16.7. The van der Waals surface area contributed by atoms with Gasteiger partial charge in [0, 0.05) is 50.1 Å². The van der Waals surface area contributed by atoms with Crippen LogP contribution in [0.2, 0.25) is 0 Å². The van der Waals surface area contributed by atoms with Gasteiger partial charge in [-0.15, -0.1) is 0 Å². The van der Waals surface area contributed by atoms with Gasteiger partial charge in [0.25, 0.3) is 5.91 Å². The molecule has 128 valence electrons. The summed E-state index contributed by atoms with van der Waals surface area (Å²) in [5, 5.41) is 0. The highest BCUT2D eigenvalue weighted by atomic mass is 79.9. The smallest absolute Gasteiger partial charge is 0.253 e. The Balaban J connectivity index is 1.73. The van der Waals surface area contributed by atoms with Gasteiger partial charge in [-0.3, -0.25) is 9.69 Å². The van der Waals surface area contributed by atoms with Crippen LogP contribution in [0.25, 0.3) is 0 Å². The minimum absolute atomic E-state index is 0.0456. The van der Waals surface area contributed by atoms with Crippen LogP contribution in [0.1, 0.15) is 16.2 Å². The van der Waals surface area contributed by atoms with Gasteiger partial charge in [-0.2, -0.15) is 0 Å². The molecule has 0 radical (unpaired) electrons. The number of nitrogens with two attached hydrogens (primary N) is 1. The number of carbonyl (C=O) groups excluding carboxylic acids is 1. The Hall–Kier alpha value is -1.93. The van der Waals surface area contributed by atoms with Gasteiger partial charge in [-0.25, -0.2) is 9.37 Å². The van der Waals surface area contributed by atoms with Crippen molar-refractivity contribution in [3.63, 3.8) is 0 Å². The zero-order chi connectivity index (χ0) is 17.3. The molecule has 8 heteroatoms. The second-order valence-corrected chi connectivity index (χ2v) is 6.78. The van der Waals surface area contributed by atoms with Gasteiger partial charge in [0.15, 0.2) is 0 Å². The lowest BCUT2D eigenvalue weighted by Gasteiger charge is -2.36. The van der Waals surface area contributed by atoms with E-state index in [0.717, 1.165) is 25.5 Å². The zero-order valence-electron chi connectivity index (χ0n) is 13.4. The van der Waals surface area contributed by atoms with E-state index in [1.54, 1.807) is 12.3 Å². The molecule has 0 aliphatic carbocycles. The number of primary amides is 1. The van der Waals surface area contributed by atoms with Crippen molar-refractivity contribution in [2.75, 3.05) is 31.1 Å². The van der Waals surface area contributed by atoms with Crippen LogP contribution in [0, 0.1) is 5.82 Å². The maximum atomic E-state index is 14.1. The number of aryl methyl sites for hydroxylation is 1. The Bertz CT molecular complexity index is 755. The van der Waals surface area contributed by atoms with E-state index in [1.807, 2.05) is 22.7 Å². The number of imidazole rings is 1. The van der Waals surface area contributed by atoms with Crippen molar-refractivity contribution in [1.29, 1.82) is 0 Å². The molecule has 3 rings (SSSR count). The Morgan fingerprint density at radius 1 is 1.33 bits per heavy atom. The van der Waals surface area contributed by atoms with Gasteiger partial charge < -0.3 is 15.2 Å². The van der Waals surface area contributed by atoms with Crippen LogP contribution in [-0.4, -0.2) is 46.5 Å². The lowest BCUT2D eigenvalue weighted by Crippen LogP contribution is -2.46. The molecule has 1 aromatic heterocycles. The number of hydrogen-bond acceptors (Lipinski definition) is 4. The molecule has 0 atom stereocenters. The summed E-state index contributed by atoms with van der Waals surface area (Å²) in [4.78, 5) is 20.3. The van der Waals surface area contributed by atoms with Crippen LogP contribution in [0.4, 0.5) is 10.1 Å². The number of piperazine rings is 1.